The molecular weight excluding hydrogens is 535 g/mol. The minimum atomic E-state index is -0.321. The molecule has 5 rings (SSSR count). The van der Waals surface area contributed by atoms with Crippen molar-refractivity contribution < 1.29 is 18.8 Å². The Kier molecular flexibility index (Phi) is 7.07. The Labute approximate surface area is 224 Å². The number of esters is 1. The number of carbonyl (C=O) groups excluding carboxylic acids is 1. The van der Waals surface area contributed by atoms with Crippen LogP contribution in [0.5, 0.6) is 5.75 Å². The predicted molar refractivity (Wildman–Crippen MR) is 147 cm³/mol. The maximum Gasteiger partial charge on any atom is 0.348 e. The fourth-order valence-corrected chi connectivity index (χ4v) is 8.19. The van der Waals surface area contributed by atoms with E-state index in [4.69, 9.17) is 9.47 Å². The van der Waals surface area contributed by atoms with Crippen molar-refractivity contribution in [2.75, 3.05) is 26.2 Å². The van der Waals surface area contributed by atoms with Crippen molar-refractivity contribution in [1.82, 2.24) is 4.57 Å². The van der Waals surface area contributed by atoms with E-state index in [0.29, 0.717) is 18.0 Å². The molecule has 0 aliphatic carbocycles. The van der Waals surface area contributed by atoms with E-state index in [1.165, 1.54) is 29.8 Å². The molecular formula is C25H24N3O4S4+. The average Bonchev–Trinajstić information content (AvgIpc) is 3.66. The fourth-order valence-electron chi connectivity index (χ4n) is 4.01. The third-order valence-electron chi connectivity index (χ3n) is 5.88. The van der Waals surface area contributed by atoms with E-state index in [2.05, 4.69) is 15.5 Å². The number of thioether (sulfide) groups is 1. The fraction of sp³-hybridized carbons (Fsp3) is 0.240. The minimum Gasteiger partial charge on any atom is -0.497 e. The first-order chi connectivity index (χ1) is 17.4. The molecule has 186 valence electrons. The summed E-state index contributed by atoms with van der Waals surface area (Å²) < 4.78 is 15.8. The molecule has 4 heterocycles. The number of carbonyl (C=O) groups is 1. The Morgan fingerprint density at radius 2 is 2.00 bits per heavy atom. The first-order valence-corrected chi connectivity index (χ1v) is 14.5. The lowest BCUT2D eigenvalue weighted by Crippen LogP contribution is -2.36. The topological polar surface area (TPSA) is 64.7 Å². The number of methoxy groups -OCH3 is 2. The number of nitrogens with zero attached hydrogens (tertiary/aromatic N) is 3. The van der Waals surface area contributed by atoms with Gasteiger partial charge < -0.3 is 14.4 Å². The van der Waals surface area contributed by atoms with E-state index >= 15 is 0 Å². The number of hydrogen-bond donors (Lipinski definition) is 0. The molecule has 36 heavy (non-hydrogen) atoms. The van der Waals surface area contributed by atoms with Crippen molar-refractivity contribution in [2.24, 2.45) is 0 Å². The zero-order valence-electron chi connectivity index (χ0n) is 20.1. The molecule has 0 spiro atoms. The Balaban J connectivity index is 1.57. The van der Waals surface area contributed by atoms with Gasteiger partial charge in [-0.05, 0) is 36.6 Å². The molecule has 4 aromatic rings. The largest absolute Gasteiger partial charge is 0.497 e. The Hall–Kier alpha value is -2.86. The lowest BCUT2D eigenvalue weighted by atomic mass is 10.2. The summed E-state index contributed by atoms with van der Waals surface area (Å²) in [6.07, 6.45) is 4.06. The van der Waals surface area contributed by atoms with Gasteiger partial charge in [0.1, 0.15) is 24.9 Å². The lowest BCUT2D eigenvalue weighted by Gasteiger charge is -2.12. The monoisotopic (exact) mass is 558 g/mol. The first-order valence-electron chi connectivity index (χ1n) is 11.1. The van der Waals surface area contributed by atoms with Gasteiger partial charge in [-0.15, -0.1) is 22.7 Å². The maximum absolute atomic E-state index is 13.5. The SMILES string of the molecule is CCn1c(=O)/c(=C2\Sc3cc(OC)ccc3N2C)s/c1=C\c1scc[n+]1Cc1ccsc1C(=O)OC. The normalized spacial score (nSPS) is 14.9. The number of hydrogen-bond acceptors (Lipinski definition) is 9. The van der Waals surface area contributed by atoms with Crippen LogP contribution in [0, 0.1) is 0 Å². The standard InChI is InChI=1S/C25H24N3O4S4/c1-5-28-20(13-19-27(9-11-33-19)14-15-8-10-34-21(15)25(30)32-4)36-22(23(28)29)24-26(2)17-7-6-16(31-3)12-18(17)35-24/h6-13H,5,14H2,1-4H3/q+1/b24-22+. The molecule has 1 aliphatic heterocycles. The summed E-state index contributed by atoms with van der Waals surface area (Å²) in [6, 6.07) is 7.91. The molecule has 0 bridgehead atoms. The van der Waals surface area contributed by atoms with Crippen LogP contribution in [0.2, 0.25) is 0 Å². The molecule has 0 amide bonds. The third-order valence-corrected chi connectivity index (χ3v) is 10.1. The molecule has 0 N–H and O–H groups in total. The van der Waals surface area contributed by atoms with Gasteiger partial charge in [-0.2, -0.15) is 4.57 Å². The number of benzene rings is 1. The van der Waals surface area contributed by atoms with Gasteiger partial charge in [0, 0.05) is 24.1 Å². The van der Waals surface area contributed by atoms with E-state index in [-0.39, 0.29) is 11.5 Å². The number of anilines is 1. The van der Waals surface area contributed by atoms with Crippen molar-refractivity contribution in [3.63, 3.8) is 0 Å². The van der Waals surface area contributed by atoms with Crippen molar-refractivity contribution >= 4 is 68.5 Å². The van der Waals surface area contributed by atoms with Gasteiger partial charge in [-0.25, -0.2) is 4.79 Å². The number of aromatic nitrogens is 2. The number of ether oxygens (including phenoxy) is 2. The first kappa shape index (κ1) is 24.8. The summed E-state index contributed by atoms with van der Waals surface area (Å²) in [6.45, 7) is 3.11. The highest BCUT2D eigenvalue weighted by Crippen LogP contribution is 2.46. The summed E-state index contributed by atoms with van der Waals surface area (Å²) in [7, 11) is 5.04. The van der Waals surface area contributed by atoms with Crippen LogP contribution in [-0.2, 0) is 17.8 Å². The quantitative estimate of drug-likeness (QED) is 0.267. The van der Waals surface area contributed by atoms with Gasteiger partial charge in [-0.3, -0.25) is 9.36 Å². The van der Waals surface area contributed by atoms with Crippen LogP contribution in [0.4, 0.5) is 5.69 Å². The second kappa shape index (κ2) is 10.3. The highest BCUT2D eigenvalue weighted by Gasteiger charge is 2.26. The van der Waals surface area contributed by atoms with E-state index in [1.807, 2.05) is 59.8 Å². The number of thiophene rings is 1. The van der Waals surface area contributed by atoms with E-state index in [0.717, 1.165) is 41.1 Å². The maximum atomic E-state index is 13.5. The van der Waals surface area contributed by atoms with Gasteiger partial charge in [0.05, 0.1) is 31.4 Å². The van der Waals surface area contributed by atoms with Gasteiger partial charge in [0.15, 0.2) is 12.7 Å². The second-order valence-corrected chi connectivity index (χ2v) is 11.8. The molecule has 1 aliphatic rings. The third kappa shape index (κ3) is 4.40. The molecule has 0 atom stereocenters. The van der Waals surface area contributed by atoms with Crippen LogP contribution in [0.1, 0.15) is 27.2 Å². The van der Waals surface area contributed by atoms with Crippen LogP contribution in [0.25, 0.3) is 11.1 Å². The summed E-state index contributed by atoms with van der Waals surface area (Å²) in [5, 5.41) is 5.84. The van der Waals surface area contributed by atoms with Gasteiger partial charge in [-0.1, -0.05) is 23.1 Å². The Morgan fingerprint density at radius 3 is 2.75 bits per heavy atom. The predicted octanol–water partition coefficient (Wildman–Crippen LogP) is 3.32. The molecule has 0 unspecified atom stereocenters. The molecule has 0 radical (unpaired) electrons. The average molecular weight is 559 g/mol. The Morgan fingerprint density at radius 1 is 1.17 bits per heavy atom. The summed E-state index contributed by atoms with van der Waals surface area (Å²) >= 11 is 6.08. The number of fused-ring (bicyclic) bond motifs is 1. The molecule has 3 aromatic heterocycles. The zero-order valence-corrected chi connectivity index (χ0v) is 23.4. The van der Waals surface area contributed by atoms with Crippen molar-refractivity contribution in [3.05, 3.63) is 76.2 Å². The smallest absolute Gasteiger partial charge is 0.348 e. The van der Waals surface area contributed by atoms with Gasteiger partial charge >= 0.3 is 5.97 Å². The van der Waals surface area contributed by atoms with Crippen LogP contribution >= 0.6 is 45.8 Å². The molecule has 7 nitrogen and oxygen atoms in total. The van der Waals surface area contributed by atoms with E-state index in [9.17, 15) is 9.59 Å². The molecule has 11 heteroatoms. The van der Waals surface area contributed by atoms with E-state index < -0.39 is 0 Å². The molecule has 0 saturated heterocycles. The highest BCUT2D eigenvalue weighted by atomic mass is 32.2. The summed E-state index contributed by atoms with van der Waals surface area (Å²) in [5.41, 5.74) is 1.99. The van der Waals surface area contributed by atoms with Crippen LogP contribution in [0.15, 0.2) is 50.9 Å². The van der Waals surface area contributed by atoms with Crippen molar-refractivity contribution in [2.45, 2.75) is 24.9 Å². The number of rotatable bonds is 6. The minimum absolute atomic E-state index is 0.0109. The molecule has 0 saturated carbocycles. The van der Waals surface area contributed by atoms with Gasteiger partial charge in [0.25, 0.3) is 10.6 Å². The molecule has 1 aromatic carbocycles. The van der Waals surface area contributed by atoms with Gasteiger partial charge in [0.2, 0.25) is 0 Å². The summed E-state index contributed by atoms with van der Waals surface area (Å²) in [4.78, 5) is 29.3. The summed E-state index contributed by atoms with van der Waals surface area (Å²) in [5.74, 6) is 0.475. The Bertz CT molecular complexity index is 1630. The van der Waals surface area contributed by atoms with E-state index in [1.54, 1.807) is 30.2 Å². The van der Waals surface area contributed by atoms with Crippen LogP contribution in [-0.4, -0.2) is 31.8 Å². The lowest BCUT2D eigenvalue weighted by molar-refractivity contribution is -0.685. The van der Waals surface area contributed by atoms with Crippen LogP contribution < -0.4 is 29.0 Å². The zero-order chi connectivity index (χ0) is 25.4. The second-order valence-electron chi connectivity index (χ2n) is 7.90. The molecule has 0 fully saturated rings. The number of thiazole rings is 2. The van der Waals surface area contributed by atoms with Crippen molar-refractivity contribution in [1.29, 1.82) is 0 Å². The van der Waals surface area contributed by atoms with Crippen molar-refractivity contribution in [3.8, 4) is 5.75 Å². The highest BCUT2D eigenvalue weighted by molar-refractivity contribution is 8.08. The van der Waals surface area contributed by atoms with Crippen LogP contribution in [0.3, 0.4) is 0 Å².